The Morgan fingerprint density at radius 2 is 2.06 bits per heavy atom. The molecule has 0 bridgehead atoms. The Kier molecular flexibility index (Phi) is 3.93. The van der Waals surface area contributed by atoms with Gasteiger partial charge in [0, 0.05) is 25.7 Å². The highest BCUT2D eigenvalue weighted by molar-refractivity contribution is 7.88. The lowest BCUT2D eigenvalue weighted by Crippen LogP contribution is -2.57. The lowest BCUT2D eigenvalue weighted by molar-refractivity contribution is -0.135. The minimum absolute atomic E-state index is 0.0676. The number of piperazine rings is 1. The predicted molar refractivity (Wildman–Crippen MR) is 68.6 cm³/mol. The number of carbonyl (C=O) groups excluding carboxylic acids is 1. The summed E-state index contributed by atoms with van der Waals surface area (Å²) in [5.41, 5.74) is 0. The smallest absolute Gasteiger partial charge is 0.239 e. The van der Waals surface area contributed by atoms with Crippen molar-refractivity contribution in [2.45, 2.75) is 31.8 Å². The van der Waals surface area contributed by atoms with Gasteiger partial charge in [0.1, 0.15) is 0 Å². The summed E-state index contributed by atoms with van der Waals surface area (Å²) < 4.78 is 24.6. The molecule has 1 N–H and O–H groups in total. The van der Waals surface area contributed by atoms with Crippen LogP contribution in [0.25, 0.3) is 0 Å². The SMILES string of the molecule is C[C@H]1CN(C(=O)C2CCCN2)CCN1S(C)(=O)=O. The van der Waals surface area contributed by atoms with Crippen molar-refractivity contribution in [3.8, 4) is 0 Å². The quantitative estimate of drug-likeness (QED) is 0.718. The van der Waals surface area contributed by atoms with Gasteiger partial charge in [-0.15, -0.1) is 0 Å². The van der Waals surface area contributed by atoms with Crippen LogP contribution in [-0.4, -0.2) is 68.0 Å². The van der Waals surface area contributed by atoms with E-state index >= 15 is 0 Å². The highest BCUT2D eigenvalue weighted by atomic mass is 32.2. The van der Waals surface area contributed by atoms with E-state index in [1.165, 1.54) is 10.6 Å². The van der Waals surface area contributed by atoms with Gasteiger partial charge in [-0.05, 0) is 26.3 Å². The van der Waals surface area contributed by atoms with E-state index in [2.05, 4.69) is 5.32 Å². The van der Waals surface area contributed by atoms with Crippen molar-refractivity contribution in [2.75, 3.05) is 32.4 Å². The molecule has 0 radical (unpaired) electrons. The van der Waals surface area contributed by atoms with Crippen LogP contribution in [0.4, 0.5) is 0 Å². The maximum atomic E-state index is 12.2. The minimum atomic E-state index is -3.16. The van der Waals surface area contributed by atoms with Crippen LogP contribution in [0.1, 0.15) is 19.8 Å². The molecule has 2 fully saturated rings. The zero-order valence-corrected chi connectivity index (χ0v) is 11.7. The highest BCUT2D eigenvalue weighted by Gasteiger charge is 2.34. The van der Waals surface area contributed by atoms with Gasteiger partial charge in [0.2, 0.25) is 15.9 Å². The molecule has 2 rings (SSSR count). The monoisotopic (exact) mass is 275 g/mol. The van der Waals surface area contributed by atoms with Gasteiger partial charge >= 0.3 is 0 Å². The van der Waals surface area contributed by atoms with Crippen LogP contribution in [0.2, 0.25) is 0 Å². The molecule has 0 aromatic heterocycles. The number of hydrogen-bond donors (Lipinski definition) is 1. The molecular weight excluding hydrogens is 254 g/mol. The van der Waals surface area contributed by atoms with E-state index in [4.69, 9.17) is 0 Å². The van der Waals surface area contributed by atoms with E-state index in [1.807, 2.05) is 6.92 Å². The number of amides is 1. The summed E-state index contributed by atoms with van der Waals surface area (Å²) in [5.74, 6) is 0.118. The van der Waals surface area contributed by atoms with Crippen molar-refractivity contribution >= 4 is 15.9 Å². The summed E-state index contributed by atoms with van der Waals surface area (Å²) in [4.78, 5) is 14.0. The van der Waals surface area contributed by atoms with Crippen LogP contribution in [0.5, 0.6) is 0 Å². The van der Waals surface area contributed by atoms with E-state index in [9.17, 15) is 13.2 Å². The molecule has 0 aromatic carbocycles. The maximum Gasteiger partial charge on any atom is 0.239 e. The number of rotatable bonds is 2. The Morgan fingerprint density at radius 1 is 1.33 bits per heavy atom. The number of carbonyl (C=O) groups is 1. The molecule has 1 amide bonds. The van der Waals surface area contributed by atoms with Crippen molar-refractivity contribution < 1.29 is 13.2 Å². The predicted octanol–water partition coefficient (Wildman–Crippen LogP) is -0.769. The zero-order valence-electron chi connectivity index (χ0n) is 10.9. The van der Waals surface area contributed by atoms with Gasteiger partial charge < -0.3 is 10.2 Å². The fourth-order valence-corrected chi connectivity index (χ4v) is 3.88. The molecule has 104 valence electrons. The molecule has 18 heavy (non-hydrogen) atoms. The molecule has 0 saturated carbocycles. The third-order valence-corrected chi connectivity index (χ3v) is 5.06. The molecule has 0 spiro atoms. The molecule has 0 aromatic rings. The van der Waals surface area contributed by atoms with Gasteiger partial charge in [-0.25, -0.2) is 8.42 Å². The normalized spacial score (nSPS) is 30.7. The second-order valence-corrected chi connectivity index (χ2v) is 7.09. The molecule has 2 heterocycles. The summed E-state index contributed by atoms with van der Waals surface area (Å²) in [7, 11) is -3.16. The Balaban J connectivity index is 1.97. The highest BCUT2D eigenvalue weighted by Crippen LogP contribution is 2.16. The molecule has 0 aliphatic carbocycles. The Bertz CT molecular complexity index is 417. The van der Waals surface area contributed by atoms with E-state index in [0.29, 0.717) is 19.6 Å². The van der Waals surface area contributed by atoms with E-state index < -0.39 is 10.0 Å². The summed E-state index contributed by atoms with van der Waals surface area (Å²) >= 11 is 0. The summed E-state index contributed by atoms with van der Waals surface area (Å²) in [6.45, 7) is 4.13. The largest absolute Gasteiger partial charge is 0.338 e. The van der Waals surface area contributed by atoms with Crippen molar-refractivity contribution in [3.05, 3.63) is 0 Å². The van der Waals surface area contributed by atoms with Gasteiger partial charge in [-0.2, -0.15) is 4.31 Å². The van der Waals surface area contributed by atoms with Gasteiger partial charge in [0.05, 0.1) is 12.3 Å². The molecule has 2 saturated heterocycles. The topological polar surface area (TPSA) is 69.7 Å². The van der Waals surface area contributed by atoms with Gasteiger partial charge in [0.25, 0.3) is 0 Å². The molecule has 6 nitrogen and oxygen atoms in total. The van der Waals surface area contributed by atoms with Crippen molar-refractivity contribution in [2.24, 2.45) is 0 Å². The first-order valence-electron chi connectivity index (χ1n) is 6.38. The van der Waals surface area contributed by atoms with Crippen LogP contribution in [0.15, 0.2) is 0 Å². The molecule has 1 unspecified atom stereocenters. The molecule has 7 heteroatoms. The fraction of sp³-hybridized carbons (Fsp3) is 0.909. The molecule has 2 aliphatic heterocycles. The van der Waals surface area contributed by atoms with Crippen molar-refractivity contribution in [1.29, 1.82) is 0 Å². The average Bonchev–Trinajstić information content (AvgIpc) is 2.79. The Hall–Kier alpha value is -0.660. The van der Waals surface area contributed by atoms with Gasteiger partial charge in [0.15, 0.2) is 0 Å². The first-order valence-corrected chi connectivity index (χ1v) is 8.23. The van der Waals surface area contributed by atoms with E-state index in [-0.39, 0.29) is 18.0 Å². The Morgan fingerprint density at radius 3 is 2.56 bits per heavy atom. The summed E-state index contributed by atoms with van der Waals surface area (Å²) in [5, 5.41) is 3.19. The zero-order chi connectivity index (χ0) is 13.3. The van der Waals surface area contributed by atoms with Crippen LogP contribution < -0.4 is 5.32 Å². The van der Waals surface area contributed by atoms with Crippen LogP contribution >= 0.6 is 0 Å². The number of nitrogens with one attached hydrogen (secondary N) is 1. The summed E-state index contributed by atoms with van der Waals surface area (Å²) in [6.07, 6.45) is 3.15. The molecular formula is C11H21N3O3S. The van der Waals surface area contributed by atoms with Gasteiger partial charge in [-0.3, -0.25) is 4.79 Å². The second kappa shape index (κ2) is 5.14. The Labute approximate surface area is 108 Å². The number of nitrogens with zero attached hydrogens (tertiary/aromatic N) is 2. The second-order valence-electron chi connectivity index (χ2n) is 5.16. The lowest BCUT2D eigenvalue weighted by atomic mass is 10.1. The van der Waals surface area contributed by atoms with Gasteiger partial charge in [-0.1, -0.05) is 0 Å². The summed E-state index contributed by atoms with van der Waals surface area (Å²) in [6, 6.07) is -0.207. The number of hydrogen-bond acceptors (Lipinski definition) is 4. The minimum Gasteiger partial charge on any atom is -0.338 e. The third kappa shape index (κ3) is 2.84. The van der Waals surface area contributed by atoms with E-state index in [0.717, 1.165) is 19.4 Å². The van der Waals surface area contributed by atoms with Crippen molar-refractivity contribution in [3.63, 3.8) is 0 Å². The first kappa shape index (κ1) is 13.8. The molecule has 2 atom stereocenters. The van der Waals surface area contributed by atoms with Crippen LogP contribution in [-0.2, 0) is 14.8 Å². The van der Waals surface area contributed by atoms with Crippen LogP contribution in [0.3, 0.4) is 0 Å². The van der Waals surface area contributed by atoms with Crippen molar-refractivity contribution in [1.82, 2.24) is 14.5 Å². The number of sulfonamides is 1. The average molecular weight is 275 g/mol. The third-order valence-electron chi connectivity index (χ3n) is 3.66. The standard InChI is InChI=1S/C11H21N3O3S/c1-9-8-13(6-7-14(9)18(2,16)17)11(15)10-4-3-5-12-10/h9-10,12H,3-8H2,1-2H3/t9-,10?/m0/s1. The first-order chi connectivity index (χ1) is 8.39. The molecule has 2 aliphatic rings. The van der Waals surface area contributed by atoms with Crippen LogP contribution in [0, 0.1) is 0 Å². The maximum absolute atomic E-state index is 12.2. The lowest BCUT2D eigenvalue weighted by Gasteiger charge is -2.39. The van der Waals surface area contributed by atoms with E-state index in [1.54, 1.807) is 4.90 Å². The fourth-order valence-electron chi connectivity index (χ4n) is 2.75.